The van der Waals surface area contributed by atoms with Crippen LogP contribution in [0, 0.1) is 5.92 Å². The van der Waals surface area contributed by atoms with E-state index < -0.39 is 23.6 Å². The number of aliphatic hydroxyl groups is 1. The highest BCUT2D eigenvalue weighted by molar-refractivity contribution is 5.76. The largest absolute Gasteiger partial charge is 0.497 e. The summed E-state index contributed by atoms with van der Waals surface area (Å²) < 4.78 is 28.2. The molecule has 4 rings (SSSR count). The van der Waals surface area contributed by atoms with E-state index in [0.717, 1.165) is 5.56 Å². The van der Waals surface area contributed by atoms with Crippen LogP contribution in [0.4, 0.5) is 0 Å². The minimum atomic E-state index is -1.04. The van der Waals surface area contributed by atoms with Crippen molar-refractivity contribution in [1.82, 2.24) is 0 Å². The minimum absolute atomic E-state index is 0.0890. The first-order valence-corrected chi connectivity index (χ1v) is 11.5. The highest BCUT2D eigenvalue weighted by Gasteiger charge is 2.50. The lowest BCUT2D eigenvalue weighted by Gasteiger charge is -2.28. The third kappa shape index (κ3) is 6.12. The number of hydrogen-bond donors (Lipinski definition) is 1. The average molecular weight is 479 g/mol. The molecule has 0 bridgehead atoms. The molecule has 3 atom stereocenters. The summed E-state index contributed by atoms with van der Waals surface area (Å²) in [6, 6.07) is 23.9. The molecule has 3 aromatic carbocycles. The molecule has 0 aromatic heterocycles. The topological polar surface area (TPSA) is 83.5 Å². The number of rotatable bonds is 11. The van der Waals surface area contributed by atoms with Crippen molar-refractivity contribution in [2.75, 3.05) is 27.4 Å². The molecule has 1 saturated heterocycles. The van der Waals surface area contributed by atoms with Gasteiger partial charge in [-0.1, -0.05) is 42.5 Å². The number of hydrogen-bond acceptors (Lipinski definition) is 7. The van der Waals surface area contributed by atoms with Crippen LogP contribution >= 0.6 is 0 Å². The van der Waals surface area contributed by atoms with E-state index in [1.165, 1.54) is 0 Å². The first kappa shape index (κ1) is 24.6. The summed E-state index contributed by atoms with van der Waals surface area (Å²) in [5.74, 6) is 0.779. The summed E-state index contributed by atoms with van der Waals surface area (Å²) in [5, 5.41) is 11.0. The van der Waals surface area contributed by atoms with Crippen molar-refractivity contribution in [2.45, 2.75) is 24.7 Å². The maximum atomic E-state index is 12.9. The Bertz CT molecular complexity index is 1080. The van der Waals surface area contributed by atoms with E-state index in [2.05, 4.69) is 0 Å². The summed E-state index contributed by atoms with van der Waals surface area (Å²) in [7, 11) is 3.17. The molecular formula is C28H30O7. The Morgan fingerprint density at radius 2 is 1.49 bits per heavy atom. The fourth-order valence-electron chi connectivity index (χ4n) is 4.12. The van der Waals surface area contributed by atoms with E-state index in [1.54, 1.807) is 62.8 Å². The number of methoxy groups -OCH3 is 2. The molecule has 1 heterocycles. The molecule has 0 spiro atoms. The highest BCUT2D eigenvalue weighted by Crippen LogP contribution is 2.40. The van der Waals surface area contributed by atoms with Crippen LogP contribution in [0.15, 0.2) is 78.9 Å². The Hall–Kier alpha value is -3.55. The smallest absolute Gasteiger partial charge is 0.312 e. The number of cyclic esters (lactones) is 1. The van der Waals surface area contributed by atoms with Crippen LogP contribution in [-0.4, -0.2) is 44.1 Å². The fourth-order valence-corrected chi connectivity index (χ4v) is 4.12. The molecule has 184 valence electrons. The van der Waals surface area contributed by atoms with E-state index in [0.29, 0.717) is 29.4 Å². The van der Waals surface area contributed by atoms with Gasteiger partial charge in [0.2, 0.25) is 0 Å². The zero-order chi connectivity index (χ0) is 24.7. The van der Waals surface area contributed by atoms with Gasteiger partial charge in [-0.25, -0.2) is 0 Å². The number of esters is 1. The van der Waals surface area contributed by atoms with Crippen molar-refractivity contribution in [3.63, 3.8) is 0 Å². The second-order valence-corrected chi connectivity index (χ2v) is 8.58. The van der Waals surface area contributed by atoms with Crippen LogP contribution in [0.3, 0.4) is 0 Å². The van der Waals surface area contributed by atoms with Gasteiger partial charge in [0.1, 0.15) is 23.9 Å². The molecule has 3 aromatic rings. The van der Waals surface area contributed by atoms with E-state index in [-0.39, 0.29) is 19.6 Å². The lowest BCUT2D eigenvalue weighted by Crippen LogP contribution is -2.41. The standard InChI is InChI=1S/C28H30O7/c1-31-22-10-8-21(9-11-22)26(29)25-16-28(35-27(25)30,18-33-17-20-6-4-3-5-7-20)19-34-24-14-12-23(32-2)13-15-24/h3-15,25-26,29H,16-19H2,1-2H3. The van der Waals surface area contributed by atoms with Crippen LogP contribution in [0.5, 0.6) is 17.2 Å². The van der Waals surface area contributed by atoms with E-state index in [4.69, 9.17) is 23.7 Å². The Balaban J connectivity index is 1.48. The van der Waals surface area contributed by atoms with Gasteiger partial charge in [-0.15, -0.1) is 0 Å². The van der Waals surface area contributed by atoms with Crippen LogP contribution < -0.4 is 14.2 Å². The summed E-state index contributed by atoms with van der Waals surface area (Å²) in [5.41, 5.74) is 0.590. The molecule has 0 amide bonds. The van der Waals surface area contributed by atoms with Gasteiger partial charge in [0.25, 0.3) is 0 Å². The van der Waals surface area contributed by atoms with Crippen molar-refractivity contribution < 1.29 is 33.6 Å². The number of benzene rings is 3. The first-order valence-electron chi connectivity index (χ1n) is 11.5. The highest BCUT2D eigenvalue weighted by atomic mass is 16.6. The van der Waals surface area contributed by atoms with Crippen LogP contribution in [0.2, 0.25) is 0 Å². The molecule has 35 heavy (non-hydrogen) atoms. The SMILES string of the molecule is COc1ccc(OCC2(COCc3ccccc3)CC(C(O)c3ccc(OC)cc3)C(=O)O2)cc1. The van der Waals surface area contributed by atoms with Gasteiger partial charge in [-0.2, -0.15) is 0 Å². The first-order chi connectivity index (χ1) is 17.0. The molecule has 0 aliphatic carbocycles. The summed E-state index contributed by atoms with van der Waals surface area (Å²) in [4.78, 5) is 12.9. The monoisotopic (exact) mass is 478 g/mol. The molecule has 7 heteroatoms. The Morgan fingerprint density at radius 3 is 2.11 bits per heavy atom. The molecule has 3 unspecified atom stereocenters. The van der Waals surface area contributed by atoms with E-state index >= 15 is 0 Å². The number of ether oxygens (including phenoxy) is 5. The van der Waals surface area contributed by atoms with Gasteiger partial charge in [0, 0.05) is 6.42 Å². The molecule has 1 aliphatic heterocycles. The number of carbonyl (C=O) groups is 1. The minimum Gasteiger partial charge on any atom is -0.497 e. The van der Waals surface area contributed by atoms with Crippen LogP contribution in [-0.2, 0) is 20.9 Å². The normalized spacial score (nSPS) is 20.2. The maximum Gasteiger partial charge on any atom is 0.312 e. The van der Waals surface area contributed by atoms with Crippen molar-refractivity contribution in [3.05, 3.63) is 90.0 Å². The van der Waals surface area contributed by atoms with E-state index in [1.807, 2.05) is 30.3 Å². The maximum absolute atomic E-state index is 12.9. The lowest BCUT2D eigenvalue weighted by molar-refractivity contribution is -0.160. The van der Waals surface area contributed by atoms with Crippen LogP contribution in [0.1, 0.15) is 23.7 Å². The van der Waals surface area contributed by atoms with Crippen molar-refractivity contribution in [3.8, 4) is 17.2 Å². The van der Waals surface area contributed by atoms with Gasteiger partial charge in [0.15, 0.2) is 5.60 Å². The van der Waals surface area contributed by atoms with Crippen molar-refractivity contribution >= 4 is 5.97 Å². The molecule has 1 aliphatic rings. The third-order valence-corrected chi connectivity index (χ3v) is 6.09. The Kier molecular flexibility index (Phi) is 7.90. The summed E-state index contributed by atoms with van der Waals surface area (Å²) >= 11 is 0. The van der Waals surface area contributed by atoms with Gasteiger partial charge >= 0.3 is 5.97 Å². The molecule has 0 radical (unpaired) electrons. The zero-order valence-corrected chi connectivity index (χ0v) is 19.9. The van der Waals surface area contributed by atoms with E-state index in [9.17, 15) is 9.90 Å². The molecule has 7 nitrogen and oxygen atoms in total. The Labute approximate surface area is 205 Å². The van der Waals surface area contributed by atoms with Gasteiger partial charge < -0.3 is 28.8 Å². The quantitative estimate of drug-likeness (QED) is 0.411. The van der Waals surface area contributed by atoms with Crippen molar-refractivity contribution in [2.24, 2.45) is 5.92 Å². The van der Waals surface area contributed by atoms with Crippen LogP contribution in [0.25, 0.3) is 0 Å². The average Bonchev–Trinajstić information content (AvgIpc) is 3.24. The predicted octanol–water partition coefficient (Wildman–Crippen LogP) is 4.33. The second kappa shape index (κ2) is 11.3. The summed E-state index contributed by atoms with van der Waals surface area (Å²) in [6.07, 6.45) is -0.769. The van der Waals surface area contributed by atoms with Gasteiger partial charge in [-0.3, -0.25) is 4.79 Å². The molecular weight excluding hydrogens is 448 g/mol. The summed E-state index contributed by atoms with van der Waals surface area (Å²) in [6.45, 7) is 0.593. The third-order valence-electron chi connectivity index (χ3n) is 6.09. The predicted molar refractivity (Wildman–Crippen MR) is 129 cm³/mol. The zero-order valence-electron chi connectivity index (χ0n) is 19.9. The van der Waals surface area contributed by atoms with Crippen molar-refractivity contribution in [1.29, 1.82) is 0 Å². The van der Waals surface area contributed by atoms with Gasteiger partial charge in [-0.05, 0) is 47.5 Å². The molecule has 0 saturated carbocycles. The molecule has 1 N–H and O–H groups in total. The second-order valence-electron chi connectivity index (χ2n) is 8.58. The number of aliphatic hydroxyl groups excluding tert-OH is 1. The van der Waals surface area contributed by atoms with Gasteiger partial charge in [0.05, 0.1) is 39.5 Å². The molecule has 1 fully saturated rings. The lowest BCUT2D eigenvalue weighted by atomic mass is 9.88. The fraction of sp³-hybridized carbons (Fsp3) is 0.321. The number of carbonyl (C=O) groups excluding carboxylic acids is 1. The Morgan fingerprint density at radius 1 is 0.886 bits per heavy atom.